The van der Waals surface area contributed by atoms with Crippen molar-refractivity contribution in [2.24, 2.45) is 35.5 Å². The van der Waals surface area contributed by atoms with E-state index in [-0.39, 0.29) is 5.97 Å². The predicted molar refractivity (Wildman–Crippen MR) is 117 cm³/mol. The van der Waals surface area contributed by atoms with Crippen LogP contribution in [0.2, 0.25) is 0 Å². The van der Waals surface area contributed by atoms with Crippen molar-refractivity contribution in [3.05, 3.63) is 0 Å². The zero-order valence-corrected chi connectivity index (χ0v) is 19.0. The van der Waals surface area contributed by atoms with Crippen molar-refractivity contribution < 1.29 is 19.4 Å². The highest BCUT2D eigenvalue weighted by atomic mass is 16.5. The average Bonchev–Trinajstić information content (AvgIpc) is 2.71. The Hall–Kier alpha value is -1.06. The van der Waals surface area contributed by atoms with Gasteiger partial charge in [-0.2, -0.15) is 0 Å². The third-order valence-electron chi connectivity index (χ3n) is 7.86. The van der Waals surface area contributed by atoms with Crippen LogP contribution in [0.25, 0.3) is 0 Å². The fourth-order valence-corrected chi connectivity index (χ4v) is 5.77. The summed E-state index contributed by atoms with van der Waals surface area (Å²) in [6.07, 6.45) is 14.8. The summed E-state index contributed by atoms with van der Waals surface area (Å²) in [6, 6.07) is 0. The molecule has 6 unspecified atom stereocenters. The molecule has 0 bridgehead atoms. The summed E-state index contributed by atoms with van der Waals surface area (Å²) in [7, 11) is 0. The van der Waals surface area contributed by atoms with Crippen molar-refractivity contribution in [2.45, 2.75) is 104 Å². The minimum absolute atomic E-state index is 0.268. The standard InChI is InChI=1S/C25H44O4/c1-4-5-6-7-8-9-12-21-18(2)15-16-20(19(21)3)17-29-25(28)23-14-11-10-13-22(23)24(26)27/h18-23H,4-17H2,1-3H3,(H,26,27). The third kappa shape index (κ3) is 7.29. The number of ether oxygens (including phenoxy) is 1. The number of esters is 1. The first kappa shape index (κ1) is 24.2. The monoisotopic (exact) mass is 408 g/mol. The lowest BCUT2D eigenvalue weighted by atomic mass is 9.66. The highest BCUT2D eigenvalue weighted by Crippen LogP contribution is 2.41. The van der Waals surface area contributed by atoms with E-state index in [2.05, 4.69) is 20.8 Å². The molecule has 0 amide bonds. The number of hydrogen-bond acceptors (Lipinski definition) is 3. The zero-order valence-electron chi connectivity index (χ0n) is 19.0. The number of aliphatic carboxylic acids is 1. The van der Waals surface area contributed by atoms with Crippen LogP contribution in [0.1, 0.15) is 104 Å². The van der Waals surface area contributed by atoms with Crippen molar-refractivity contribution in [3.8, 4) is 0 Å². The van der Waals surface area contributed by atoms with Gasteiger partial charge in [0.15, 0.2) is 0 Å². The van der Waals surface area contributed by atoms with Crippen molar-refractivity contribution in [1.29, 1.82) is 0 Å². The second-order valence-electron chi connectivity index (χ2n) is 9.86. The van der Waals surface area contributed by atoms with E-state index in [1.54, 1.807) is 0 Å². The molecule has 2 rings (SSSR count). The van der Waals surface area contributed by atoms with E-state index < -0.39 is 17.8 Å². The van der Waals surface area contributed by atoms with E-state index >= 15 is 0 Å². The van der Waals surface area contributed by atoms with E-state index in [0.29, 0.717) is 31.3 Å². The number of unbranched alkanes of at least 4 members (excludes halogenated alkanes) is 5. The number of carbonyl (C=O) groups is 2. The molecule has 6 atom stereocenters. The largest absolute Gasteiger partial charge is 0.481 e. The molecule has 0 heterocycles. The van der Waals surface area contributed by atoms with Crippen LogP contribution < -0.4 is 0 Å². The molecule has 168 valence electrons. The summed E-state index contributed by atoms with van der Waals surface area (Å²) in [4.78, 5) is 24.1. The van der Waals surface area contributed by atoms with E-state index in [4.69, 9.17) is 4.74 Å². The number of rotatable bonds is 11. The van der Waals surface area contributed by atoms with E-state index in [1.807, 2.05) is 0 Å². The molecule has 1 N–H and O–H groups in total. The van der Waals surface area contributed by atoms with Crippen LogP contribution in [-0.2, 0) is 14.3 Å². The first-order chi connectivity index (χ1) is 14.0. The van der Waals surface area contributed by atoms with Gasteiger partial charge in [0.2, 0.25) is 0 Å². The average molecular weight is 409 g/mol. The van der Waals surface area contributed by atoms with Gasteiger partial charge in [-0.15, -0.1) is 0 Å². The maximum atomic E-state index is 12.6. The molecule has 0 aliphatic heterocycles. The second-order valence-corrected chi connectivity index (χ2v) is 9.86. The van der Waals surface area contributed by atoms with Gasteiger partial charge in [-0.05, 0) is 49.4 Å². The molecule has 0 aromatic carbocycles. The quantitative estimate of drug-likeness (QED) is 0.314. The molecule has 2 aliphatic rings. The molecular formula is C25H44O4. The lowest BCUT2D eigenvalue weighted by Gasteiger charge is -2.40. The summed E-state index contributed by atoms with van der Waals surface area (Å²) in [6.45, 7) is 7.47. The van der Waals surface area contributed by atoms with Crippen LogP contribution >= 0.6 is 0 Å². The minimum atomic E-state index is -0.842. The highest BCUT2D eigenvalue weighted by molar-refractivity contribution is 5.81. The van der Waals surface area contributed by atoms with Gasteiger partial charge in [-0.1, -0.05) is 78.6 Å². The number of carbonyl (C=O) groups excluding carboxylic acids is 1. The Morgan fingerprint density at radius 1 is 0.897 bits per heavy atom. The molecule has 2 fully saturated rings. The molecule has 4 nitrogen and oxygen atoms in total. The lowest BCUT2D eigenvalue weighted by molar-refractivity contribution is -0.161. The van der Waals surface area contributed by atoms with Crippen LogP contribution in [-0.4, -0.2) is 23.7 Å². The molecule has 0 aromatic heterocycles. The van der Waals surface area contributed by atoms with Gasteiger partial charge in [-0.3, -0.25) is 9.59 Å². The summed E-state index contributed by atoms with van der Waals surface area (Å²) in [5, 5.41) is 9.42. The Kier molecular flexibility index (Phi) is 10.5. The lowest BCUT2D eigenvalue weighted by Crippen LogP contribution is -2.37. The minimum Gasteiger partial charge on any atom is -0.481 e. The summed E-state index contributed by atoms with van der Waals surface area (Å²) in [5.74, 6) is 0.359. The molecular weight excluding hydrogens is 364 g/mol. The maximum Gasteiger partial charge on any atom is 0.309 e. The molecule has 2 saturated carbocycles. The van der Waals surface area contributed by atoms with Crippen molar-refractivity contribution in [1.82, 2.24) is 0 Å². The van der Waals surface area contributed by atoms with Crippen molar-refractivity contribution >= 4 is 11.9 Å². The molecule has 29 heavy (non-hydrogen) atoms. The Morgan fingerprint density at radius 3 is 2.24 bits per heavy atom. The second kappa shape index (κ2) is 12.6. The van der Waals surface area contributed by atoms with Crippen LogP contribution in [0.3, 0.4) is 0 Å². The molecule has 0 spiro atoms. The van der Waals surface area contributed by atoms with Gasteiger partial charge < -0.3 is 9.84 Å². The first-order valence-electron chi connectivity index (χ1n) is 12.3. The van der Waals surface area contributed by atoms with Crippen molar-refractivity contribution in [2.75, 3.05) is 6.61 Å². The van der Waals surface area contributed by atoms with E-state index in [1.165, 1.54) is 51.4 Å². The fourth-order valence-electron chi connectivity index (χ4n) is 5.77. The number of carboxylic acids is 1. The Balaban J connectivity index is 1.79. The van der Waals surface area contributed by atoms with Crippen molar-refractivity contribution in [3.63, 3.8) is 0 Å². The Morgan fingerprint density at radius 2 is 1.55 bits per heavy atom. The molecule has 0 aromatic rings. The molecule has 0 saturated heterocycles. The van der Waals surface area contributed by atoms with Crippen LogP contribution in [0.4, 0.5) is 0 Å². The van der Waals surface area contributed by atoms with Gasteiger partial charge >= 0.3 is 11.9 Å². The van der Waals surface area contributed by atoms with Gasteiger partial charge in [0.25, 0.3) is 0 Å². The Labute approximate surface area is 178 Å². The highest BCUT2D eigenvalue weighted by Gasteiger charge is 2.38. The SMILES string of the molecule is CCCCCCCCC1C(C)CCC(COC(=O)C2CCCCC2C(=O)O)C1C. The van der Waals surface area contributed by atoms with E-state index in [0.717, 1.165) is 31.1 Å². The smallest absolute Gasteiger partial charge is 0.309 e. The summed E-state index contributed by atoms with van der Waals surface area (Å²) < 4.78 is 5.72. The predicted octanol–water partition coefficient (Wildman–Crippen LogP) is 6.47. The summed E-state index contributed by atoms with van der Waals surface area (Å²) in [5.41, 5.74) is 0. The number of carboxylic acid groups (broad SMARTS) is 1. The van der Waals surface area contributed by atoms with Crippen LogP contribution in [0.15, 0.2) is 0 Å². The van der Waals surface area contributed by atoms with Gasteiger partial charge in [0.1, 0.15) is 0 Å². The topological polar surface area (TPSA) is 63.6 Å². The maximum absolute atomic E-state index is 12.6. The zero-order chi connectivity index (χ0) is 21.2. The van der Waals surface area contributed by atoms with Gasteiger partial charge in [-0.25, -0.2) is 0 Å². The normalized spacial score (nSPS) is 32.7. The Bertz CT molecular complexity index is 503. The van der Waals surface area contributed by atoms with Crippen LogP contribution in [0, 0.1) is 35.5 Å². The third-order valence-corrected chi connectivity index (χ3v) is 7.86. The fraction of sp³-hybridized carbons (Fsp3) is 0.920. The molecule has 0 radical (unpaired) electrons. The molecule has 4 heteroatoms. The number of hydrogen-bond donors (Lipinski definition) is 1. The van der Waals surface area contributed by atoms with E-state index in [9.17, 15) is 14.7 Å². The van der Waals surface area contributed by atoms with Crippen LogP contribution in [0.5, 0.6) is 0 Å². The first-order valence-corrected chi connectivity index (χ1v) is 12.3. The van der Waals surface area contributed by atoms with Gasteiger partial charge in [0, 0.05) is 0 Å². The summed E-state index contributed by atoms with van der Waals surface area (Å²) >= 11 is 0. The van der Waals surface area contributed by atoms with Gasteiger partial charge in [0.05, 0.1) is 18.4 Å². The molecule has 2 aliphatic carbocycles.